The molecule has 26 heavy (non-hydrogen) atoms. The minimum atomic E-state index is -0.636. The Morgan fingerprint density at radius 1 is 1.15 bits per heavy atom. The third kappa shape index (κ3) is 6.07. The van der Waals surface area contributed by atoms with E-state index in [1.54, 1.807) is 6.92 Å². The summed E-state index contributed by atoms with van der Waals surface area (Å²) in [5, 5.41) is 4.84. The number of aromatic nitrogens is 1. The van der Waals surface area contributed by atoms with Crippen molar-refractivity contribution in [3.63, 3.8) is 0 Å². The van der Waals surface area contributed by atoms with E-state index in [1.165, 1.54) is 11.3 Å². The molecule has 7 heteroatoms. The summed E-state index contributed by atoms with van der Waals surface area (Å²) in [4.78, 5) is 39.3. The van der Waals surface area contributed by atoms with Crippen LogP contribution in [-0.4, -0.2) is 22.6 Å². The summed E-state index contributed by atoms with van der Waals surface area (Å²) in [5.74, 6) is -1.76. The van der Waals surface area contributed by atoms with Crippen LogP contribution < -0.4 is 11.1 Å². The van der Waals surface area contributed by atoms with Gasteiger partial charge in [0, 0.05) is 23.3 Å². The topological polar surface area (TPSA) is 102 Å². The van der Waals surface area contributed by atoms with Gasteiger partial charge in [-0.3, -0.25) is 19.7 Å². The van der Waals surface area contributed by atoms with Crippen molar-refractivity contribution in [1.29, 1.82) is 0 Å². The maximum atomic E-state index is 12.2. The molecule has 0 aliphatic carbocycles. The lowest BCUT2D eigenvalue weighted by Crippen LogP contribution is -2.28. The fourth-order valence-electron chi connectivity index (χ4n) is 2.51. The number of amides is 2. The first-order valence-corrected chi connectivity index (χ1v) is 9.49. The quantitative estimate of drug-likeness (QED) is 0.492. The molecule has 0 fully saturated rings. The largest absolute Gasteiger partial charge is 0.370 e. The van der Waals surface area contributed by atoms with Gasteiger partial charge in [0.1, 0.15) is 0 Å². The lowest BCUT2D eigenvalue weighted by Gasteiger charge is -2.09. The molecule has 0 saturated heterocycles. The van der Waals surface area contributed by atoms with Crippen molar-refractivity contribution in [2.45, 2.75) is 39.0 Å². The Kier molecular flexibility index (Phi) is 7.47. The molecule has 2 rings (SSSR count). The van der Waals surface area contributed by atoms with E-state index in [4.69, 9.17) is 5.73 Å². The van der Waals surface area contributed by atoms with Crippen LogP contribution in [0, 0.1) is 5.92 Å². The molecule has 138 valence electrons. The van der Waals surface area contributed by atoms with E-state index in [1.807, 2.05) is 35.7 Å². The molecule has 0 spiro atoms. The third-order valence-corrected chi connectivity index (χ3v) is 4.78. The Morgan fingerprint density at radius 3 is 2.58 bits per heavy atom. The molecular weight excluding hydrogens is 350 g/mol. The number of hydrogen-bond acceptors (Lipinski definition) is 5. The van der Waals surface area contributed by atoms with Crippen molar-refractivity contribution in [3.05, 3.63) is 35.7 Å². The van der Waals surface area contributed by atoms with Gasteiger partial charge in [-0.2, -0.15) is 0 Å². The van der Waals surface area contributed by atoms with E-state index in [0.29, 0.717) is 24.4 Å². The molecule has 0 bridgehead atoms. The molecule has 0 aliphatic rings. The van der Waals surface area contributed by atoms with E-state index < -0.39 is 11.7 Å². The van der Waals surface area contributed by atoms with E-state index >= 15 is 0 Å². The molecule has 0 radical (unpaired) electrons. The van der Waals surface area contributed by atoms with Crippen LogP contribution in [0.1, 0.15) is 39.0 Å². The van der Waals surface area contributed by atoms with Crippen LogP contribution in [-0.2, 0) is 14.4 Å². The SMILES string of the molecule is CC(CCCCCC(N)=O)C(=O)C(=O)Nc1nc(-c2ccccc2)cs1. The Morgan fingerprint density at radius 2 is 1.88 bits per heavy atom. The number of carbonyl (C=O) groups is 3. The molecular formula is C19H23N3O3S. The van der Waals surface area contributed by atoms with Crippen LogP contribution in [0.3, 0.4) is 0 Å². The lowest BCUT2D eigenvalue weighted by molar-refractivity contribution is -0.137. The lowest BCUT2D eigenvalue weighted by atomic mass is 9.98. The zero-order valence-electron chi connectivity index (χ0n) is 14.7. The average molecular weight is 373 g/mol. The number of benzene rings is 1. The van der Waals surface area contributed by atoms with Crippen LogP contribution in [0.15, 0.2) is 35.7 Å². The maximum Gasteiger partial charge on any atom is 0.293 e. The normalized spacial score (nSPS) is 11.7. The average Bonchev–Trinajstić information content (AvgIpc) is 3.09. The number of ketones is 1. The van der Waals surface area contributed by atoms with Gasteiger partial charge in [-0.15, -0.1) is 11.3 Å². The number of nitrogens with zero attached hydrogens (tertiary/aromatic N) is 1. The number of thiazole rings is 1. The van der Waals surface area contributed by atoms with Gasteiger partial charge in [0.2, 0.25) is 11.7 Å². The predicted octanol–water partition coefficient (Wildman–Crippen LogP) is 3.39. The van der Waals surface area contributed by atoms with Crippen molar-refractivity contribution < 1.29 is 14.4 Å². The molecule has 3 N–H and O–H groups in total. The number of Topliss-reactive ketones (excluding diaryl/α,β-unsaturated/α-hetero) is 1. The number of hydrogen-bond donors (Lipinski definition) is 2. The second kappa shape index (κ2) is 9.82. The first kappa shape index (κ1) is 19.8. The zero-order chi connectivity index (χ0) is 18.9. The van der Waals surface area contributed by atoms with Crippen LogP contribution in [0.4, 0.5) is 5.13 Å². The van der Waals surface area contributed by atoms with Crippen molar-refractivity contribution in [1.82, 2.24) is 4.98 Å². The highest BCUT2D eigenvalue weighted by Crippen LogP contribution is 2.24. The third-order valence-electron chi connectivity index (χ3n) is 4.03. The van der Waals surface area contributed by atoms with E-state index in [-0.39, 0.29) is 11.8 Å². The van der Waals surface area contributed by atoms with Crippen LogP contribution in [0.25, 0.3) is 11.3 Å². The van der Waals surface area contributed by atoms with Crippen molar-refractivity contribution in [3.8, 4) is 11.3 Å². The van der Waals surface area contributed by atoms with Gasteiger partial charge in [0.25, 0.3) is 5.91 Å². The van der Waals surface area contributed by atoms with Crippen molar-refractivity contribution in [2.75, 3.05) is 5.32 Å². The van der Waals surface area contributed by atoms with Gasteiger partial charge in [0.15, 0.2) is 5.13 Å². The van der Waals surface area contributed by atoms with E-state index in [2.05, 4.69) is 10.3 Å². The number of anilines is 1. The van der Waals surface area contributed by atoms with Crippen molar-refractivity contribution >= 4 is 34.1 Å². The van der Waals surface area contributed by atoms with Crippen LogP contribution >= 0.6 is 11.3 Å². The summed E-state index contributed by atoms with van der Waals surface area (Å²) >= 11 is 1.29. The second-order valence-electron chi connectivity index (χ2n) is 6.19. The fraction of sp³-hybridized carbons (Fsp3) is 0.368. The maximum absolute atomic E-state index is 12.2. The number of unbranched alkanes of at least 4 members (excludes halogenated alkanes) is 2. The van der Waals surface area contributed by atoms with Crippen LogP contribution in [0.2, 0.25) is 0 Å². The summed E-state index contributed by atoms with van der Waals surface area (Å²) in [6.45, 7) is 1.74. The fourth-order valence-corrected chi connectivity index (χ4v) is 3.23. The summed E-state index contributed by atoms with van der Waals surface area (Å²) < 4.78 is 0. The standard InChI is InChI=1S/C19H23N3O3S/c1-13(8-4-2-7-11-16(20)23)17(24)18(25)22-19-21-15(12-26-19)14-9-5-3-6-10-14/h3,5-6,9-10,12-13H,2,4,7-8,11H2,1H3,(H2,20,23)(H,21,22,25). The van der Waals surface area contributed by atoms with Gasteiger partial charge < -0.3 is 5.73 Å². The van der Waals surface area contributed by atoms with Gasteiger partial charge >= 0.3 is 0 Å². The first-order chi connectivity index (χ1) is 12.5. The van der Waals surface area contributed by atoms with Crippen molar-refractivity contribution in [2.24, 2.45) is 11.7 Å². The van der Waals surface area contributed by atoms with Gasteiger partial charge in [-0.25, -0.2) is 4.98 Å². The second-order valence-corrected chi connectivity index (χ2v) is 7.05. The van der Waals surface area contributed by atoms with E-state index in [0.717, 1.165) is 24.1 Å². The summed E-state index contributed by atoms with van der Waals surface area (Å²) in [6, 6.07) is 9.63. The van der Waals surface area contributed by atoms with E-state index in [9.17, 15) is 14.4 Å². The monoisotopic (exact) mass is 373 g/mol. The molecule has 6 nitrogen and oxygen atoms in total. The number of nitrogens with two attached hydrogens (primary N) is 1. The van der Waals surface area contributed by atoms with Gasteiger partial charge in [-0.1, -0.05) is 50.1 Å². The molecule has 2 aromatic rings. The Labute approximate surface area is 156 Å². The molecule has 0 saturated carbocycles. The number of carbonyl (C=O) groups excluding carboxylic acids is 3. The number of primary amides is 1. The summed E-state index contributed by atoms with van der Waals surface area (Å²) in [7, 11) is 0. The summed E-state index contributed by atoms with van der Waals surface area (Å²) in [5.41, 5.74) is 6.81. The smallest absolute Gasteiger partial charge is 0.293 e. The minimum Gasteiger partial charge on any atom is -0.370 e. The molecule has 1 unspecified atom stereocenters. The Hall–Kier alpha value is -2.54. The highest BCUT2D eigenvalue weighted by atomic mass is 32.1. The minimum absolute atomic E-state index is 0.313. The molecule has 1 aromatic heterocycles. The Balaban J connectivity index is 1.80. The zero-order valence-corrected chi connectivity index (χ0v) is 15.6. The molecule has 1 atom stereocenters. The summed E-state index contributed by atoms with van der Waals surface area (Å²) in [6.07, 6.45) is 3.27. The molecule has 0 aliphatic heterocycles. The van der Waals surface area contributed by atoms with Gasteiger partial charge in [0.05, 0.1) is 5.69 Å². The molecule has 1 aromatic carbocycles. The first-order valence-electron chi connectivity index (χ1n) is 8.62. The molecule has 2 amide bonds. The van der Waals surface area contributed by atoms with Gasteiger partial charge in [-0.05, 0) is 12.8 Å². The number of nitrogens with one attached hydrogen (secondary N) is 1. The highest BCUT2D eigenvalue weighted by molar-refractivity contribution is 7.14. The van der Waals surface area contributed by atoms with Crippen LogP contribution in [0.5, 0.6) is 0 Å². The Bertz CT molecular complexity index is 758. The highest BCUT2D eigenvalue weighted by Gasteiger charge is 2.22. The number of rotatable bonds is 10. The molecule has 1 heterocycles. The predicted molar refractivity (Wildman–Crippen MR) is 103 cm³/mol.